The molecular formula is C18H29FN2. The van der Waals surface area contributed by atoms with Crippen LogP contribution in [-0.4, -0.2) is 31.6 Å². The minimum Gasteiger partial charge on any atom is -0.313 e. The van der Waals surface area contributed by atoms with E-state index < -0.39 is 0 Å². The van der Waals surface area contributed by atoms with E-state index in [-0.39, 0.29) is 11.9 Å². The molecule has 1 aliphatic carbocycles. The summed E-state index contributed by atoms with van der Waals surface area (Å²) < 4.78 is 13.4. The Kier molecular flexibility index (Phi) is 6.19. The molecule has 0 radical (unpaired) electrons. The van der Waals surface area contributed by atoms with Crippen LogP contribution in [0.3, 0.4) is 0 Å². The molecule has 0 saturated heterocycles. The largest absolute Gasteiger partial charge is 0.313 e. The van der Waals surface area contributed by atoms with E-state index in [1.54, 1.807) is 12.1 Å². The SMILES string of the molecule is CNC(CCN(C)C1CCCC(C)C1)c1cccc(F)c1. The van der Waals surface area contributed by atoms with Gasteiger partial charge in [-0.1, -0.05) is 31.9 Å². The third-order valence-electron chi connectivity index (χ3n) is 4.90. The first-order valence-electron chi connectivity index (χ1n) is 8.23. The predicted molar refractivity (Wildman–Crippen MR) is 86.9 cm³/mol. The standard InChI is InChI=1S/C18H29FN2/c1-14-6-4-9-17(12-14)21(3)11-10-18(20-2)15-7-5-8-16(19)13-15/h5,7-8,13-14,17-18,20H,4,6,9-12H2,1-3H3. The molecule has 0 bridgehead atoms. The molecule has 0 aliphatic heterocycles. The first-order valence-corrected chi connectivity index (χ1v) is 8.23. The molecule has 0 aromatic heterocycles. The zero-order valence-electron chi connectivity index (χ0n) is 13.6. The maximum Gasteiger partial charge on any atom is 0.123 e. The van der Waals surface area contributed by atoms with Gasteiger partial charge in [-0.25, -0.2) is 4.39 Å². The van der Waals surface area contributed by atoms with E-state index in [0.717, 1.165) is 30.5 Å². The van der Waals surface area contributed by atoms with Crippen molar-refractivity contribution in [1.29, 1.82) is 0 Å². The van der Waals surface area contributed by atoms with Crippen molar-refractivity contribution in [3.8, 4) is 0 Å². The quantitative estimate of drug-likeness (QED) is 0.853. The monoisotopic (exact) mass is 292 g/mol. The lowest BCUT2D eigenvalue weighted by molar-refractivity contribution is 0.158. The summed E-state index contributed by atoms with van der Waals surface area (Å²) in [7, 11) is 4.19. The molecule has 2 rings (SSSR count). The van der Waals surface area contributed by atoms with Gasteiger partial charge in [-0.15, -0.1) is 0 Å². The Balaban J connectivity index is 1.87. The van der Waals surface area contributed by atoms with E-state index >= 15 is 0 Å². The average molecular weight is 292 g/mol. The van der Waals surface area contributed by atoms with Crippen LogP contribution < -0.4 is 5.32 Å². The zero-order valence-corrected chi connectivity index (χ0v) is 13.6. The molecule has 1 N–H and O–H groups in total. The molecule has 118 valence electrons. The number of nitrogens with one attached hydrogen (secondary N) is 1. The molecule has 1 aromatic carbocycles. The highest BCUT2D eigenvalue weighted by molar-refractivity contribution is 5.20. The van der Waals surface area contributed by atoms with Crippen LogP contribution in [0.15, 0.2) is 24.3 Å². The van der Waals surface area contributed by atoms with Crippen LogP contribution in [-0.2, 0) is 0 Å². The van der Waals surface area contributed by atoms with Crippen molar-refractivity contribution in [3.05, 3.63) is 35.6 Å². The topological polar surface area (TPSA) is 15.3 Å². The fourth-order valence-electron chi connectivity index (χ4n) is 3.52. The fourth-order valence-corrected chi connectivity index (χ4v) is 3.52. The third kappa shape index (κ3) is 4.79. The number of nitrogens with zero attached hydrogens (tertiary/aromatic N) is 1. The van der Waals surface area contributed by atoms with Gasteiger partial charge in [-0.2, -0.15) is 0 Å². The van der Waals surface area contributed by atoms with Crippen LogP contribution in [0.2, 0.25) is 0 Å². The molecule has 21 heavy (non-hydrogen) atoms. The molecule has 0 spiro atoms. The van der Waals surface area contributed by atoms with Gasteiger partial charge in [0.25, 0.3) is 0 Å². The van der Waals surface area contributed by atoms with Crippen molar-refractivity contribution in [1.82, 2.24) is 10.2 Å². The summed E-state index contributed by atoms with van der Waals surface area (Å²) in [5, 5.41) is 3.32. The van der Waals surface area contributed by atoms with Crippen molar-refractivity contribution in [2.24, 2.45) is 5.92 Å². The van der Waals surface area contributed by atoms with E-state index in [1.807, 2.05) is 13.1 Å². The van der Waals surface area contributed by atoms with Crippen molar-refractivity contribution in [3.63, 3.8) is 0 Å². The minimum absolute atomic E-state index is 0.151. The van der Waals surface area contributed by atoms with E-state index in [4.69, 9.17) is 0 Å². The fraction of sp³-hybridized carbons (Fsp3) is 0.667. The summed E-state index contributed by atoms with van der Waals surface area (Å²) in [6, 6.07) is 7.90. The molecule has 1 aliphatic rings. The first kappa shape index (κ1) is 16.4. The van der Waals surface area contributed by atoms with Crippen LogP contribution in [0.4, 0.5) is 4.39 Å². The Morgan fingerprint density at radius 1 is 1.38 bits per heavy atom. The normalized spacial score (nSPS) is 24.2. The number of benzene rings is 1. The first-order chi connectivity index (χ1) is 10.1. The average Bonchev–Trinajstić information content (AvgIpc) is 2.48. The van der Waals surface area contributed by atoms with Gasteiger partial charge in [0.15, 0.2) is 0 Å². The third-order valence-corrected chi connectivity index (χ3v) is 4.90. The highest BCUT2D eigenvalue weighted by Gasteiger charge is 2.22. The zero-order chi connectivity index (χ0) is 15.2. The Morgan fingerprint density at radius 3 is 2.86 bits per heavy atom. The summed E-state index contributed by atoms with van der Waals surface area (Å²) in [6.45, 7) is 3.42. The molecule has 3 heteroatoms. The van der Waals surface area contributed by atoms with Gasteiger partial charge >= 0.3 is 0 Å². The lowest BCUT2D eigenvalue weighted by Gasteiger charge is -2.35. The maximum atomic E-state index is 13.4. The number of hydrogen-bond acceptors (Lipinski definition) is 2. The van der Waals surface area contributed by atoms with Gasteiger partial charge in [0.05, 0.1) is 0 Å². The van der Waals surface area contributed by atoms with Crippen molar-refractivity contribution >= 4 is 0 Å². The van der Waals surface area contributed by atoms with E-state index in [2.05, 4.69) is 24.2 Å². The van der Waals surface area contributed by atoms with Gasteiger partial charge < -0.3 is 10.2 Å². The Morgan fingerprint density at radius 2 is 2.19 bits per heavy atom. The molecule has 3 atom stereocenters. The lowest BCUT2D eigenvalue weighted by Crippen LogP contribution is -2.37. The summed E-state index contributed by atoms with van der Waals surface area (Å²) in [5.41, 5.74) is 1.04. The predicted octanol–water partition coefficient (Wildman–Crippen LogP) is 3.99. The van der Waals surface area contributed by atoms with Crippen molar-refractivity contribution < 1.29 is 4.39 Å². The highest BCUT2D eigenvalue weighted by atomic mass is 19.1. The molecular weight excluding hydrogens is 263 g/mol. The van der Waals surface area contributed by atoms with E-state index in [0.29, 0.717) is 0 Å². The van der Waals surface area contributed by atoms with E-state index in [1.165, 1.54) is 31.7 Å². The molecule has 2 nitrogen and oxygen atoms in total. The second-order valence-corrected chi connectivity index (χ2v) is 6.59. The number of rotatable bonds is 6. The summed E-state index contributed by atoms with van der Waals surface area (Å²) in [6.07, 6.45) is 6.40. The lowest BCUT2D eigenvalue weighted by atomic mass is 9.86. The van der Waals surface area contributed by atoms with Crippen LogP contribution in [0.1, 0.15) is 50.6 Å². The second kappa shape index (κ2) is 7.90. The van der Waals surface area contributed by atoms with Gasteiger partial charge in [0, 0.05) is 12.1 Å². The number of hydrogen-bond donors (Lipinski definition) is 1. The minimum atomic E-state index is -0.151. The highest BCUT2D eigenvalue weighted by Crippen LogP contribution is 2.27. The molecule has 3 unspecified atom stereocenters. The Hall–Kier alpha value is -0.930. The van der Waals surface area contributed by atoms with Gasteiger partial charge in [0.2, 0.25) is 0 Å². The second-order valence-electron chi connectivity index (χ2n) is 6.59. The summed E-state index contributed by atoms with van der Waals surface area (Å²) in [4.78, 5) is 2.50. The van der Waals surface area contributed by atoms with Crippen molar-refractivity contribution in [2.45, 2.75) is 51.1 Å². The van der Waals surface area contributed by atoms with Crippen molar-refractivity contribution in [2.75, 3.05) is 20.6 Å². The summed E-state index contributed by atoms with van der Waals surface area (Å²) >= 11 is 0. The van der Waals surface area contributed by atoms with Crippen LogP contribution >= 0.6 is 0 Å². The van der Waals surface area contributed by atoms with Crippen LogP contribution in [0, 0.1) is 11.7 Å². The molecule has 1 fully saturated rings. The Labute approximate surface area is 128 Å². The number of halogens is 1. The van der Waals surface area contributed by atoms with Gasteiger partial charge in [0.1, 0.15) is 5.82 Å². The Bertz CT molecular complexity index is 435. The molecule has 1 aromatic rings. The van der Waals surface area contributed by atoms with E-state index in [9.17, 15) is 4.39 Å². The maximum absolute atomic E-state index is 13.4. The smallest absolute Gasteiger partial charge is 0.123 e. The van der Waals surface area contributed by atoms with Gasteiger partial charge in [-0.3, -0.25) is 0 Å². The molecule has 0 heterocycles. The summed E-state index contributed by atoms with van der Waals surface area (Å²) in [5.74, 6) is 0.705. The van der Waals surface area contributed by atoms with Crippen LogP contribution in [0.5, 0.6) is 0 Å². The van der Waals surface area contributed by atoms with Crippen LogP contribution in [0.25, 0.3) is 0 Å². The molecule has 0 amide bonds. The molecule has 1 saturated carbocycles. The van der Waals surface area contributed by atoms with Gasteiger partial charge in [-0.05, 0) is 63.5 Å².